The molecule has 3 N–H and O–H groups in total. The van der Waals surface area contributed by atoms with Gasteiger partial charge in [-0.3, -0.25) is 9.48 Å². The average Bonchev–Trinajstić information content (AvgIpc) is 3.31. The summed E-state index contributed by atoms with van der Waals surface area (Å²) in [6.45, 7) is 4.07. The number of methoxy groups -OCH3 is 1. The van der Waals surface area contributed by atoms with E-state index in [0.29, 0.717) is 39.4 Å². The molecule has 0 saturated heterocycles. The molecule has 1 amide bonds. The lowest BCUT2D eigenvalue weighted by Crippen LogP contribution is -2.12. The van der Waals surface area contributed by atoms with Crippen LogP contribution in [0.3, 0.4) is 0 Å². The van der Waals surface area contributed by atoms with Crippen molar-refractivity contribution in [3.63, 3.8) is 0 Å². The van der Waals surface area contributed by atoms with Crippen LogP contribution in [0.25, 0.3) is 11.3 Å². The largest absolute Gasteiger partial charge is 0.508 e. The van der Waals surface area contributed by atoms with E-state index in [1.165, 1.54) is 25.4 Å². The van der Waals surface area contributed by atoms with Crippen LogP contribution < -0.4 is 15.4 Å². The van der Waals surface area contributed by atoms with Crippen LogP contribution in [0.4, 0.5) is 17.3 Å². The Morgan fingerprint density at radius 2 is 2.00 bits per heavy atom. The number of halogens is 1. The van der Waals surface area contributed by atoms with Crippen molar-refractivity contribution < 1.29 is 14.6 Å². The number of aromatic hydroxyl groups is 1. The molecule has 0 aliphatic rings. The zero-order valence-electron chi connectivity index (χ0n) is 18.8. The number of amides is 1. The Morgan fingerprint density at radius 3 is 2.71 bits per heavy atom. The van der Waals surface area contributed by atoms with E-state index in [2.05, 4.69) is 25.7 Å². The predicted octanol–water partition coefficient (Wildman–Crippen LogP) is 5.28. The maximum Gasteiger partial charge on any atom is 0.255 e. The number of carbonyl (C=O) groups is 1. The number of phenols is 1. The van der Waals surface area contributed by atoms with Crippen LogP contribution in [0, 0.1) is 0 Å². The van der Waals surface area contributed by atoms with Gasteiger partial charge in [0.25, 0.3) is 5.91 Å². The van der Waals surface area contributed by atoms with Gasteiger partial charge in [0.1, 0.15) is 11.5 Å². The number of phenolic OH excluding ortho intramolecular Hbond substituents is 1. The Bertz CT molecular complexity index is 1340. The second-order valence-corrected chi connectivity index (χ2v) is 8.14. The van der Waals surface area contributed by atoms with Crippen LogP contribution in [0.1, 0.15) is 30.2 Å². The van der Waals surface area contributed by atoms with E-state index in [-0.39, 0.29) is 17.7 Å². The molecule has 2 aromatic heterocycles. The highest BCUT2D eigenvalue weighted by molar-refractivity contribution is 6.32. The molecule has 0 radical (unpaired) electrons. The van der Waals surface area contributed by atoms with Gasteiger partial charge in [-0.1, -0.05) is 17.7 Å². The van der Waals surface area contributed by atoms with Gasteiger partial charge in [0.05, 0.1) is 35.9 Å². The van der Waals surface area contributed by atoms with E-state index in [9.17, 15) is 9.90 Å². The molecule has 0 aliphatic heterocycles. The van der Waals surface area contributed by atoms with Gasteiger partial charge < -0.3 is 20.5 Å². The molecule has 4 aromatic rings. The molecular weight excluding hydrogens is 456 g/mol. The summed E-state index contributed by atoms with van der Waals surface area (Å²) in [5.74, 6) is 0.458. The van der Waals surface area contributed by atoms with Crippen molar-refractivity contribution in [1.29, 1.82) is 0 Å². The summed E-state index contributed by atoms with van der Waals surface area (Å²) in [6.07, 6.45) is 5.10. The normalized spacial score (nSPS) is 10.9. The lowest BCUT2D eigenvalue weighted by Gasteiger charge is -2.13. The van der Waals surface area contributed by atoms with Crippen molar-refractivity contribution in [3.8, 4) is 22.8 Å². The second kappa shape index (κ2) is 9.80. The first kappa shape index (κ1) is 23.1. The molecule has 0 bridgehead atoms. The van der Waals surface area contributed by atoms with E-state index in [1.807, 2.05) is 24.7 Å². The average molecular weight is 479 g/mol. The number of aromatic nitrogens is 4. The number of hydrogen-bond donors (Lipinski definition) is 3. The summed E-state index contributed by atoms with van der Waals surface area (Å²) in [5.41, 5.74) is 2.75. The van der Waals surface area contributed by atoms with Gasteiger partial charge in [-0.25, -0.2) is 9.97 Å². The zero-order valence-corrected chi connectivity index (χ0v) is 19.5. The smallest absolute Gasteiger partial charge is 0.255 e. The van der Waals surface area contributed by atoms with Crippen molar-refractivity contribution in [2.24, 2.45) is 0 Å². The molecule has 0 atom stereocenters. The molecule has 0 aliphatic carbocycles. The Balaban J connectivity index is 1.56. The number of hydrogen-bond acceptors (Lipinski definition) is 7. The zero-order chi connectivity index (χ0) is 24.2. The molecule has 0 fully saturated rings. The van der Waals surface area contributed by atoms with Crippen LogP contribution in [-0.2, 0) is 0 Å². The molecule has 2 heterocycles. The lowest BCUT2D eigenvalue weighted by atomic mass is 10.1. The molecule has 10 heteroatoms. The summed E-state index contributed by atoms with van der Waals surface area (Å²) in [6, 6.07) is 11.5. The van der Waals surface area contributed by atoms with Crippen molar-refractivity contribution in [1.82, 2.24) is 19.7 Å². The van der Waals surface area contributed by atoms with E-state index < -0.39 is 0 Å². The highest BCUT2D eigenvalue weighted by Gasteiger charge is 2.15. The minimum Gasteiger partial charge on any atom is -0.508 e. The maximum absolute atomic E-state index is 12.6. The fourth-order valence-corrected chi connectivity index (χ4v) is 3.42. The number of nitrogens with one attached hydrogen (secondary N) is 2. The fourth-order valence-electron chi connectivity index (χ4n) is 3.22. The van der Waals surface area contributed by atoms with E-state index in [1.54, 1.807) is 36.5 Å². The van der Waals surface area contributed by atoms with Gasteiger partial charge in [-0.2, -0.15) is 5.10 Å². The van der Waals surface area contributed by atoms with Gasteiger partial charge in [-0.15, -0.1) is 0 Å². The number of nitrogens with zero attached hydrogens (tertiary/aromatic N) is 4. The minimum atomic E-state index is -0.345. The number of ether oxygens (including phenoxy) is 1. The number of carbonyl (C=O) groups excluding carboxylic acids is 1. The van der Waals surface area contributed by atoms with Gasteiger partial charge in [0.15, 0.2) is 0 Å². The highest BCUT2D eigenvalue weighted by Crippen LogP contribution is 2.31. The molecule has 2 aromatic carbocycles. The third-order valence-corrected chi connectivity index (χ3v) is 5.24. The maximum atomic E-state index is 12.6. The SMILES string of the molecule is COc1cc(C(=O)Nc2cccc(O)c2)ccc1Nc1ncc(Cl)c(-c2cnn(C(C)C)c2)n1. The first-order valence-electron chi connectivity index (χ1n) is 10.5. The Morgan fingerprint density at radius 1 is 1.18 bits per heavy atom. The van der Waals surface area contributed by atoms with E-state index in [4.69, 9.17) is 16.3 Å². The summed E-state index contributed by atoms with van der Waals surface area (Å²) in [4.78, 5) is 21.4. The quantitative estimate of drug-likeness (QED) is 0.331. The molecule has 9 nitrogen and oxygen atoms in total. The molecule has 0 spiro atoms. The van der Waals surface area contributed by atoms with Crippen LogP contribution in [-0.4, -0.2) is 37.9 Å². The van der Waals surface area contributed by atoms with Crippen LogP contribution in [0.15, 0.2) is 61.1 Å². The van der Waals surface area contributed by atoms with Crippen molar-refractivity contribution in [3.05, 3.63) is 71.6 Å². The first-order valence-corrected chi connectivity index (χ1v) is 10.8. The minimum absolute atomic E-state index is 0.0637. The Hall–Kier alpha value is -4.11. The molecule has 0 saturated carbocycles. The molecular formula is C24H23ClN6O3. The van der Waals surface area contributed by atoms with Crippen LogP contribution in [0.5, 0.6) is 11.5 Å². The monoisotopic (exact) mass is 478 g/mol. The number of rotatable bonds is 7. The van der Waals surface area contributed by atoms with Crippen LogP contribution in [0.2, 0.25) is 5.02 Å². The van der Waals surface area contributed by atoms with E-state index >= 15 is 0 Å². The van der Waals surface area contributed by atoms with Gasteiger partial charge in [-0.05, 0) is 44.2 Å². The van der Waals surface area contributed by atoms with Crippen molar-refractivity contribution >= 4 is 34.8 Å². The van der Waals surface area contributed by atoms with Gasteiger partial charge in [0.2, 0.25) is 5.95 Å². The van der Waals surface area contributed by atoms with E-state index in [0.717, 1.165) is 5.56 Å². The van der Waals surface area contributed by atoms with Crippen molar-refractivity contribution in [2.45, 2.75) is 19.9 Å². The first-order chi connectivity index (χ1) is 16.3. The van der Waals surface area contributed by atoms with Crippen LogP contribution >= 0.6 is 11.6 Å². The fraction of sp³-hybridized carbons (Fsp3) is 0.167. The summed E-state index contributed by atoms with van der Waals surface area (Å²) in [5, 5.41) is 20.2. The van der Waals surface area contributed by atoms with Crippen molar-refractivity contribution in [2.75, 3.05) is 17.7 Å². The topological polar surface area (TPSA) is 114 Å². The Kier molecular flexibility index (Phi) is 6.65. The third-order valence-electron chi connectivity index (χ3n) is 4.96. The highest BCUT2D eigenvalue weighted by atomic mass is 35.5. The standard InChI is InChI=1S/C24H23ClN6O3/c1-14(2)31-13-16(11-27-31)22-19(25)12-26-24(30-22)29-20-8-7-15(9-21(20)34-3)23(33)28-17-5-4-6-18(32)10-17/h4-14,32H,1-3H3,(H,28,33)(H,26,29,30). The summed E-state index contributed by atoms with van der Waals surface area (Å²) < 4.78 is 7.29. The molecule has 174 valence electrons. The predicted molar refractivity (Wildman–Crippen MR) is 131 cm³/mol. The van der Waals surface area contributed by atoms with Gasteiger partial charge in [0, 0.05) is 35.1 Å². The second-order valence-electron chi connectivity index (χ2n) is 7.74. The van der Waals surface area contributed by atoms with Gasteiger partial charge >= 0.3 is 0 Å². The lowest BCUT2D eigenvalue weighted by molar-refractivity contribution is 0.102. The number of anilines is 3. The third kappa shape index (κ3) is 5.10. The molecule has 4 rings (SSSR count). The Labute approximate surface area is 201 Å². The molecule has 34 heavy (non-hydrogen) atoms. The number of benzene rings is 2. The summed E-state index contributed by atoms with van der Waals surface area (Å²) in [7, 11) is 1.51. The molecule has 0 unspecified atom stereocenters. The summed E-state index contributed by atoms with van der Waals surface area (Å²) >= 11 is 6.34.